The van der Waals surface area contributed by atoms with Crippen LogP contribution >= 0.6 is 0 Å². The first kappa shape index (κ1) is 12.2. The third-order valence-electron chi connectivity index (χ3n) is 2.92. The number of hydrogen-bond acceptors (Lipinski definition) is 4. The van der Waals surface area contributed by atoms with Gasteiger partial charge in [0.05, 0.1) is 5.56 Å². The number of anilines is 2. The van der Waals surface area contributed by atoms with Crippen LogP contribution in [0.25, 0.3) is 0 Å². The number of carbonyl (C=O) groups excluding carboxylic acids is 1. The molecule has 0 saturated carbocycles. The molecule has 1 aromatic rings. The maximum absolute atomic E-state index is 11.0. The van der Waals surface area contributed by atoms with Crippen LogP contribution in [0.1, 0.15) is 23.2 Å². The minimum Gasteiger partial charge on any atom is -0.478 e. The summed E-state index contributed by atoms with van der Waals surface area (Å²) < 4.78 is 0. The Kier molecular flexibility index (Phi) is 3.36. The van der Waals surface area contributed by atoms with Gasteiger partial charge in [0.2, 0.25) is 5.91 Å². The summed E-state index contributed by atoms with van der Waals surface area (Å²) in [6.07, 6.45) is 1.22. The van der Waals surface area contributed by atoms with Crippen LogP contribution in [0.4, 0.5) is 11.4 Å². The van der Waals surface area contributed by atoms with Gasteiger partial charge in [-0.1, -0.05) is 0 Å². The van der Waals surface area contributed by atoms with E-state index in [2.05, 4.69) is 10.6 Å². The first-order chi connectivity index (χ1) is 8.56. The summed E-state index contributed by atoms with van der Waals surface area (Å²) in [5, 5.41) is 14.9. The van der Waals surface area contributed by atoms with Gasteiger partial charge in [-0.3, -0.25) is 4.79 Å². The molecule has 0 radical (unpaired) electrons. The summed E-state index contributed by atoms with van der Waals surface area (Å²) >= 11 is 0. The summed E-state index contributed by atoms with van der Waals surface area (Å²) in [7, 11) is 0. The summed E-state index contributed by atoms with van der Waals surface area (Å²) in [6.45, 7) is 0.547. The molecular formula is C12H15N3O3. The Balaban J connectivity index is 2.07. The van der Waals surface area contributed by atoms with Crippen LogP contribution in [0.15, 0.2) is 18.2 Å². The molecule has 96 valence electrons. The highest BCUT2D eigenvalue weighted by Crippen LogP contribution is 2.19. The van der Waals surface area contributed by atoms with Gasteiger partial charge in [0.15, 0.2) is 0 Å². The van der Waals surface area contributed by atoms with Crippen molar-refractivity contribution in [3.05, 3.63) is 23.8 Å². The van der Waals surface area contributed by atoms with Crippen molar-refractivity contribution in [3.8, 4) is 0 Å². The number of benzene rings is 1. The molecule has 1 aromatic carbocycles. The fraction of sp³-hybridized carbons (Fsp3) is 0.333. The summed E-state index contributed by atoms with van der Waals surface area (Å²) in [4.78, 5) is 22.0. The molecule has 0 aliphatic carbocycles. The number of amides is 1. The van der Waals surface area contributed by atoms with Crippen molar-refractivity contribution < 1.29 is 14.7 Å². The maximum Gasteiger partial charge on any atom is 0.337 e. The highest BCUT2D eigenvalue weighted by atomic mass is 16.4. The number of carboxylic acids is 1. The average Bonchev–Trinajstić information content (AvgIpc) is 2.34. The second-order valence-electron chi connectivity index (χ2n) is 4.29. The van der Waals surface area contributed by atoms with Crippen LogP contribution in [0.3, 0.4) is 0 Å². The molecule has 0 spiro atoms. The lowest BCUT2D eigenvalue weighted by molar-refractivity contribution is -0.122. The van der Waals surface area contributed by atoms with Gasteiger partial charge >= 0.3 is 5.97 Å². The zero-order valence-electron chi connectivity index (χ0n) is 9.77. The molecule has 1 saturated heterocycles. The fourth-order valence-corrected chi connectivity index (χ4v) is 1.92. The number of nitrogens with one attached hydrogen (secondary N) is 2. The van der Waals surface area contributed by atoms with Crippen molar-refractivity contribution in [1.29, 1.82) is 0 Å². The Morgan fingerprint density at radius 3 is 2.89 bits per heavy atom. The van der Waals surface area contributed by atoms with Crippen molar-refractivity contribution in [1.82, 2.24) is 5.32 Å². The van der Waals surface area contributed by atoms with E-state index in [4.69, 9.17) is 10.8 Å². The SMILES string of the molecule is Nc1ccc(NC2CCC(=O)NC2)cc1C(=O)O. The minimum absolute atomic E-state index is 0.0524. The predicted molar refractivity (Wildman–Crippen MR) is 67.5 cm³/mol. The van der Waals surface area contributed by atoms with Crippen molar-refractivity contribution >= 4 is 23.3 Å². The maximum atomic E-state index is 11.0. The summed E-state index contributed by atoms with van der Waals surface area (Å²) in [5.41, 5.74) is 6.60. The van der Waals surface area contributed by atoms with E-state index in [1.807, 2.05) is 0 Å². The van der Waals surface area contributed by atoms with Crippen LogP contribution in [-0.2, 0) is 4.79 Å². The van der Waals surface area contributed by atoms with Gasteiger partial charge < -0.3 is 21.5 Å². The fourth-order valence-electron chi connectivity index (χ4n) is 1.92. The first-order valence-electron chi connectivity index (χ1n) is 5.72. The number of aromatic carboxylic acids is 1. The standard InChI is InChI=1S/C12H15N3O3/c13-10-3-1-7(5-9(10)12(17)18)15-8-2-4-11(16)14-6-8/h1,3,5,8,15H,2,4,6,13H2,(H,14,16)(H,17,18). The molecule has 0 bridgehead atoms. The normalized spacial score (nSPS) is 19.1. The second-order valence-corrected chi connectivity index (χ2v) is 4.29. The zero-order chi connectivity index (χ0) is 13.1. The lowest BCUT2D eigenvalue weighted by Gasteiger charge is -2.24. The van der Waals surface area contributed by atoms with Gasteiger partial charge in [-0.25, -0.2) is 4.79 Å². The Hall–Kier alpha value is -2.24. The van der Waals surface area contributed by atoms with Crippen molar-refractivity contribution in [3.63, 3.8) is 0 Å². The number of nitrogens with two attached hydrogens (primary N) is 1. The third kappa shape index (κ3) is 2.71. The van der Waals surface area contributed by atoms with E-state index in [-0.39, 0.29) is 23.2 Å². The number of piperidine rings is 1. The molecular weight excluding hydrogens is 234 g/mol. The molecule has 2 rings (SSSR count). The average molecular weight is 249 g/mol. The molecule has 18 heavy (non-hydrogen) atoms. The highest BCUT2D eigenvalue weighted by Gasteiger charge is 2.18. The van der Waals surface area contributed by atoms with E-state index >= 15 is 0 Å². The van der Waals surface area contributed by atoms with Crippen molar-refractivity contribution in [2.75, 3.05) is 17.6 Å². The van der Waals surface area contributed by atoms with E-state index < -0.39 is 5.97 Å². The van der Waals surface area contributed by atoms with Gasteiger partial charge in [-0.15, -0.1) is 0 Å². The van der Waals surface area contributed by atoms with Gasteiger partial charge in [-0.05, 0) is 24.6 Å². The van der Waals surface area contributed by atoms with Gasteiger partial charge in [0, 0.05) is 30.4 Å². The van der Waals surface area contributed by atoms with Crippen molar-refractivity contribution in [2.45, 2.75) is 18.9 Å². The number of hydrogen-bond donors (Lipinski definition) is 4. The minimum atomic E-state index is -1.05. The molecule has 0 aromatic heterocycles. The third-order valence-corrected chi connectivity index (χ3v) is 2.92. The van der Waals surface area contributed by atoms with E-state index in [1.165, 1.54) is 6.07 Å². The summed E-state index contributed by atoms with van der Waals surface area (Å²) in [6, 6.07) is 4.92. The molecule has 1 unspecified atom stereocenters. The van der Waals surface area contributed by atoms with E-state index in [0.29, 0.717) is 18.7 Å². The molecule has 6 heteroatoms. The predicted octanol–water partition coefficient (Wildman–Crippen LogP) is 0.657. The summed E-state index contributed by atoms with van der Waals surface area (Å²) in [5.74, 6) is -0.996. The number of carboxylic acid groups (broad SMARTS) is 1. The highest BCUT2D eigenvalue weighted by molar-refractivity contribution is 5.94. The lowest BCUT2D eigenvalue weighted by atomic mass is 10.1. The lowest BCUT2D eigenvalue weighted by Crippen LogP contribution is -2.41. The number of carbonyl (C=O) groups is 2. The molecule has 6 nitrogen and oxygen atoms in total. The molecule has 5 N–H and O–H groups in total. The first-order valence-corrected chi connectivity index (χ1v) is 5.72. The number of nitrogen functional groups attached to an aromatic ring is 1. The monoisotopic (exact) mass is 249 g/mol. The smallest absolute Gasteiger partial charge is 0.337 e. The topological polar surface area (TPSA) is 104 Å². The largest absolute Gasteiger partial charge is 0.478 e. The van der Waals surface area contributed by atoms with Gasteiger partial charge in [0.1, 0.15) is 0 Å². The van der Waals surface area contributed by atoms with Crippen LogP contribution in [0, 0.1) is 0 Å². The van der Waals surface area contributed by atoms with E-state index in [9.17, 15) is 9.59 Å². The van der Waals surface area contributed by atoms with Gasteiger partial charge in [0.25, 0.3) is 0 Å². The molecule has 1 atom stereocenters. The Morgan fingerprint density at radius 1 is 1.50 bits per heavy atom. The number of rotatable bonds is 3. The van der Waals surface area contributed by atoms with E-state index in [1.54, 1.807) is 12.1 Å². The second kappa shape index (κ2) is 4.95. The van der Waals surface area contributed by atoms with Crippen LogP contribution in [0.2, 0.25) is 0 Å². The quantitative estimate of drug-likeness (QED) is 0.589. The van der Waals surface area contributed by atoms with Crippen molar-refractivity contribution in [2.24, 2.45) is 0 Å². The molecule has 1 heterocycles. The van der Waals surface area contributed by atoms with Crippen LogP contribution in [0.5, 0.6) is 0 Å². The molecule has 1 amide bonds. The van der Waals surface area contributed by atoms with E-state index in [0.717, 1.165) is 6.42 Å². The van der Waals surface area contributed by atoms with Crippen LogP contribution in [-0.4, -0.2) is 29.6 Å². The Bertz CT molecular complexity index is 477. The van der Waals surface area contributed by atoms with Gasteiger partial charge in [-0.2, -0.15) is 0 Å². The molecule has 1 aliphatic heterocycles. The Labute approximate surface area is 104 Å². The molecule has 1 aliphatic rings. The zero-order valence-corrected chi connectivity index (χ0v) is 9.77. The van der Waals surface area contributed by atoms with Crippen LogP contribution < -0.4 is 16.4 Å². The molecule has 1 fully saturated rings. The Morgan fingerprint density at radius 2 is 2.28 bits per heavy atom.